The Kier molecular flexibility index (Phi) is 2.65. The zero-order chi connectivity index (χ0) is 9.03. The largest absolute Gasteiger partial charge is 0.468 e. The quantitative estimate of drug-likeness (QED) is 0.486. The molecule has 0 aliphatic heterocycles. The maximum Gasteiger partial charge on any atom is 0.321 e. The molecule has 0 aromatic heterocycles. The standard InChI is InChI=1S/C9H12O3/c1-12-8(11)9(7-10)5-3-2-4-6-9/h3-6,10H,2,7H2,1H3. The molecule has 0 bridgehead atoms. The summed E-state index contributed by atoms with van der Waals surface area (Å²) in [5, 5.41) is 9.04. The minimum atomic E-state index is -0.938. The van der Waals surface area contributed by atoms with E-state index in [0.717, 1.165) is 6.42 Å². The predicted molar refractivity (Wildman–Crippen MR) is 44.4 cm³/mol. The lowest BCUT2D eigenvalue weighted by Crippen LogP contribution is -2.32. The van der Waals surface area contributed by atoms with E-state index in [-0.39, 0.29) is 6.61 Å². The SMILES string of the molecule is COC(=O)C1(CO)C=CCC=C1. The summed E-state index contributed by atoms with van der Waals surface area (Å²) < 4.78 is 4.58. The molecule has 0 spiro atoms. The van der Waals surface area contributed by atoms with E-state index in [1.54, 1.807) is 12.2 Å². The van der Waals surface area contributed by atoms with Crippen molar-refractivity contribution < 1.29 is 14.6 Å². The third-order valence-corrected chi connectivity index (χ3v) is 1.93. The summed E-state index contributed by atoms with van der Waals surface area (Å²) in [4.78, 5) is 11.2. The van der Waals surface area contributed by atoms with Gasteiger partial charge in [-0.15, -0.1) is 0 Å². The fourth-order valence-electron chi connectivity index (χ4n) is 1.19. The summed E-state index contributed by atoms with van der Waals surface area (Å²) in [6, 6.07) is 0. The van der Waals surface area contributed by atoms with Crippen LogP contribution in [0.2, 0.25) is 0 Å². The molecule has 0 aromatic carbocycles. The number of aliphatic hydroxyl groups excluding tert-OH is 1. The number of allylic oxidation sites excluding steroid dienone is 2. The topological polar surface area (TPSA) is 46.5 Å². The van der Waals surface area contributed by atoms with Gasteiger partial charge in [0.1, 0.15) is 5.41 Å². The van der Waals surface area contributed by atoms with Crippen LogP contribution in [0, 0.1) is 5.41 Å². The summed E-state index contributed by atoms with van der Waals surface area (Å²) in [7, 11) is 1.32. The van der Waals surface area contributed by atoms with Gasteiger partial charge in [0.05, 0.1) is 13.7 Å². The van der Waals surface area contributed by atoms with Crippen LogP contribution in [-0.4, -0.2) is 24.8 Å². The second-order valence-corrected chi connectivity index (χ2v) is 2.73. The Labute approximate surface area is 71.3 Å². The highest BCUT2D eigenvalue weighted by atomic mass is 16.5. The smallest absolute Gasteiger partial charge is 0.321 e. The van der Waals surface area contributed by atoms with Gasteiger partial charge in [-0.1, -0.05) is 24.3 Å². The molecule has 0 saturated heterocycles. The highest BCUT2D eigenvalue weighted by Gasteiger charge is 2.34. The van der Waals surface area contributed by atoms with Gasteiger partial charge in [0.15, 0.2) is 0 Å². The summed E-state index contributed by atoms with van der Waals surface area (Å²) in [6.07, 6.45) is 7.84. The molecular formula is C9H12O3. The van der Waals surface area contributed by atoms with Crippen LogP contribution in [0.3, 0.4) is 0 Å². The third kappa shape index (κ3) is 1.41. The molecule has 1 N–H and O–H groups in total. The van der Waals surface area contributed by atoms with Crippen molar-refractivity contribution in [2.75, 3.05) is 13.7 Å². The number of rotatable bonds is 2. The van der Waals surface area contributed by atoms with Gasteiger partial charge < -0.3 is 9.84 Å². The van der Waals surface area contributed by atoms with Gasteiger partial charge in [-0.25, -0.2) is 0 Å². The molecule has 0 aromatic rings. The second-order valence-electron chi connectivity index (χ2n) is 2.73. The van der Waals surface area contributed by atoms with E-state index in [2.05, 4.69) is 4.74 Å². The van der Waals surface area contributed by atoms with Crippen molar-refractivity contribution in [1.82, 2.24) is 0 Å². The number of aliphatic hydroxyl groups is 1. The van der Waals surface area contributed by atoms with E-state index in [4.69, 9.17) is 5.11 Å². The van der Waals surface area contributed by atoms with Crippen LogP contribution in [0.4, 0.5) is 0 Å². The molecular weight excluding hydrogens is 156 g/mol. The molecule has 0 saturated carbocycles. The Balaban J connectivity index is 2.88. The fraction of sp³-hybridized carbons (Fsp3) is 0.444. The molecule has 1 aliphatic rings. The lowest BCUT2D eigenvalue weighted by Gasteiger charge is -2.23. The molecule has 1 rings (SSSR count). The average Bonchev–Trinajstić information content (AvgIpc) is 2.17. The number of carbonyl (C=O) groups is 1. The number of carbonyl (C=O) groups excluding carboxylic acids is 1. The lowest BCUT2D eigenvalue weighted by atomic mass is 9.85. The molecule has 12 heavy (non-hydrogen) atoms. The molecule has 0 atom stereocenters. The Morgan fingerprint density at radius 3 is 2.58 bits per heavy atom. The summed E-state index contributed by atoms with van der Waals surface area (Å²) >= 11 is 0. The molecule has 0 amide bonds. The summed E-state index contributed by atoms with van der Waals surface area (Å²) in [5.41, 5.74) is -0.938. The average molecular weight is 168 g/mol. The minimum absolute atomic E-state index is 0.243. The molecule has 0 unspecified atom stereocenters. The highest BCUT2D eigenvalue weighted by Crippen LogP contribution is 2.26. The normalized spacial score (nSPS) is 19.2. The maximum absolute atomic E-state index is 11.2. The third-order valence-electron chi connectivity index (χ3n) is 1.93. The fourth-order valence-corrected chi connectivity index (χ4v) is 1.19. The Bertz CT molecular complexity index is 216. The predicted octanol–water partition coefficient (Wildman–Crippen LogP) is 0.654. The van der Waals surface area contributed by atoms with E-state index in [0.29, 0.717) is 0 Å². The van der Waals surface area contributed by atoms with Gasteiger partial charge in [-0.3, -0.25) is 4.79 Å². The van der Waals surface area contributed by atoms with Crippen LogP contribution in [0.25, 0.3) is 0 Å². The van der Waals surface area contributed by atoms with Crippen molar-refractivity contribution >= 4 is 5.97 Å². The first-order valence-electron chi connectivity index (χ1n) is 3.80. The first kappa shape index (κ1) is 9.00. The minimum Gasteiger partial charge on any atom is -0.468 e. The number of ether oxygens (including phenoxy) is 1. The lowest BCUT2D eigenvalue weighted by molar-refractivity contribution is -0.149. The molecule has 0 fully saturated rings. The molecule has 1 aliphatic carbocycles. The molecule has 3 heteroatoms. The van der Waals surface area contributed by atoms with Crippen LogP contribution in [0.5, 0.6) is 0 Å². The van der Waals surface area contributed by atoms with E-state index in [9.17, 15) is 4.79 Å². The van der Waals surface area contributed by atoms with Gasteiger partial charge in [-0.2, -0.15) is 0 Å². The van der Waals surface area contributed by atoms with E-state index < -0.39 is 11.4 Å². The van der Waals surface area contributed by atoms with Gasteiger partial charge in [0.2, 0.25) is 0 Å². The van der Waals surface area contributed by atoms with Crippen LogP contribution in [0.1, 0.15) is 6.42 Å². The maximum atomic E-state index is 11.2. The van der Waals surface area contributed by atoms with E-state index in [1.165, 1.54) is 7.11 Å². The van der Waals surface area contributed by atoms with E-state index in [1.807, 2.05) is 12.2 Å². The first-order chi connectivity index (χ1) is 5.75. The zero-order valence-electron chi connectivity index (χ0n) is 6.99. The van der Waals surface area contributed by atoms with Crippen LogP contribution in [0.15, 0.2) is 24.3 Å². The summed E-state index contributed by atoms with van der Waals surface area (Å²) in [6.45, 7) is -0.243. The van der Waals surface area contributed by atoms with Crippen LogP contribution < -0.4 is 0 Å². The van der Waals surface area contributed by atoms with Gasteiger partial charge in [-0.05, 0) is 6.42 Å². The molecule has 3 nitrogen and oxygen atoms in total. The highest BCUT2D eigenvalue weighted by molar-refractivity contribution is 5.82. The van der Waals surface area contributed by atoms with Crippen molar-refractivity contribution in [2.24, 2.45) is 5.41 Å². The van der Waals surface area contributed by atoms with Crippen LogP contribution >= 0.6 is 0 Å². The number of hydrogen-bond donors (Lipinski definition) is 1. The van der Waals surface area contributed by atoms with Gasteiger partial charge >= 0.3 is 5.97 Å². The van der Waals surface area contributed by atoms with Crippen LogP contribution in [-0.2, 0) is 9.53 Å². The Morgan fingerprint density at radius 1 is 1.58 bits per heavy atom. The summed E-state index contributed by atoms with van der Waals surface area (Å²) in [5.74, 6) is -0.419. The number of esters is 1. The Hall–Kier alpha value is -1.09. The van der Waals surface area contributed by atoms with Crippen molar-refractivity contribution in [1.29, 1.82) is 0 Å². The van der Waals surface area contributed by atoms with Gasteiger partial charge in [0, 0.05) is 0 Å². The van der Waals surface area contributed by atoms with Crippen molar-refractivity contribution in [3.05, 3.63) is 24.3 Å². The van der Waals surface area contributed by atoms with Crippen molar-refractivity contribution in [2.45, 2.75) is 6.42 Å². The Morgan fingerprint density at radius 2 is 2.17 bits per heavy atom. The molecule has 66 valence electrons. The number of hydrogen-bond acceptors (Lipinski definition) is 3. The number of methoxy groups -OCH3 is 1. The van der Waals surface area contributed by atoms with E-state index >= 15 is 0 Å². The molecule has 0 heterocycles. The van der Waals surface area contributed by atoms with Crippen molar-refractivity contribution in [3.63, 3.8) is 0 Å². The zero-order valence-corrected chi connectivity index (χ0v) is 6.99. The first-order valence-corrected chi connectivity index (χ1v) is 3.80. The monoisotopic (exact) mass is 168 g/mol. The molecule has 0 radical (unpaired) electrons. The second kappa shape index (κ2) is 3.54. The van der Waals surface area contributed by atoms with Crippen molar-refractivity contribution in [3.8, 4) is 0 Å². The van der Waals surface area contributed by atoms with Gasteiger partial charge in [0.25, 0.3) is 0 Å².